The van der Waals surface area contributed by atoms with Crippen molar-refractivity contribution < 1.29 is 17.2 Å². The normalized spacial score (nSPS) is 16.8. The molecule has 0 unspecified atom stereocenters. The number of fused-ring (bicyclic) bond motifs is 1. The third-order valence-corrected chi connectivity index (χ3v) is 8.96. The molecule has 46 heavy (non-hydrogen) atoms. The first-order valence-corrected chi connectivity index (χ1v) is 16.9. The predicted octanol–water partition coefficient (Wildman–Crippen LogP) is 4.42. The summed E-state index contributed by atoms with van der Waals surface area (Å²) in [6.45, 7) is 9.27. The van der Waals surface area contributed by atoms with Gasteiger partial charge in [-0.05, 0) is 44.2 Å². The fourth-order valence-electron chi connectivity index (χ4n) is 5.92. The number of rotatable bonds is 9. The Morgan fingerprint density at radius 1 is 0.913 bits per heavy atom. The van der Waals surface area contributed by atoms with Gasteiger partial charge in [0.2, 0.25) is 16.0 Å². The van der Waals surface area contributed by atoms with E-state index in [9.17, 15) is 8.42 Å². The molecule has 2 aromatic heterocycles. The smallest absolute Gasteiger partial charge is 0.229 e. The van der Waals surface area contributed by atoms with Gasteiger partial charge in [0, 0.05) is 69.5 Å². The van der Waals surface area contributed by atoms with Crippen molar-refractivity contribution in [1.82, 2.24) is 29.7 Å². The molecule has 2 aliphatic rings. The standard InChI is InChI=1S/C31H36F2N10O2S/c1-4-20-19-36-31(39-30(20)37-24-6-5-23-28(35-12-11-34-23)29(24)40-46(3,44)45)38-22-7-8-25(27(33)26(22)32)43-13-9-21(10-14-43)42-17-15-41(2)16-18-42/h4-8,11-12,19,21,40H,1,9-10,13-18H2,2-3H3,(H2,36,37,38,39). The van der Waals surface area contributed by atoms with Crippen LogP contribution in [0.3, 0.4) is 0 Å². The number of sulfonamides is 1. The molecule has 6 rings (SSSR count). The number of anilines is 6. The first kappa shape index (κ1) is 31.5. The molecule has 4 heterocycles. The Kier molecular flexibility index (Phi) is 8.97. The van der Waals surface area contributed by atoms with Crippen LogP contribution in [-0.4, -0.2) is 96.8 Å². The van der Waals surface area contributed by atoms with Crippen LogP contribution >= 0.6 is 0 Å². The van der Waals surface area contributed by atoms with Crippen LogP contribution in [0.2, 0.25) is 0 Å². The molecule has 2 fully saturated rings. The summed E-state index contributed by atoms with van der Waals surface area (Å²) in [5.41, 5.74) is 1.91. The number of halogens is 2. The van der Waals surface area contributed by atoms with E-state index in [0.717, 1.165) is 45.3 Å². The minimum atomic E-state index is -3.69. The van der Waals surface area contributed by atoms with Crippen LogP contribution in [0.1, 0.15) is 18.4 Å². The lowest BCUT2D eigenvalue weighted by Crippen LogP contribution is -2.52. The number of hydrogen-bond acceptors (Lipinski definition) is 11. The van der Waals surface area contributed by atoms with Gasteiger partial charge in [0.25, 0.3) is 0 Å². The predicted molar refractivity (Wildman–Crippen MR) is 177 cm³/mol. The molecule has 2 aliphatic heterocycles. The highest BCUT2D eigenvalue weighted by Crippen LogP contribution is 2.34. The Morgan fingerprint density at radius 3 is 2.35 bits per heavy atom. The Labute approximate surface area is 266 Å². The number of benzene rings is 2. The summed E-state index contributed by atoms with van der Waals surface area (Å²) in [6.07, 6.45) is 8.76. The molecule has 4 aromatic rings. The molecule has 242 valence electrons. The zero-order valence-corrected chi connectivity index (χ0v) is 26.5. The van der Waals surface area contributed by atoms with Gasteiger partial charge in [-0.25, -0.2) is 22.2 Å². The topological polar surface area (TPSA) is 132 Å². The van der Waals surface area contributed by atoms with Gasteiger partial charge in [0.1, 0.15) is 11.3 Å². The van der Waals surface area contributed by atoms with Gasteiger partial charge in [0.15, 0.2) is 11.6 Å². The molecule has 0 spiro atoms. The monoisotopic (exact) mass is 650 g/mol. The zero-order valence-electron chi connectivity index (χ0n) is 25.7. The fourth-order valence-corrected chi connectivity index (χ4v) is 6.49. The van der Waals surface area contributed by atoms with E-state index in [4.69, 9.17) is 0 Å². The van der Waals surface area contributed by atoms with Crippen molar-refractivity contribution >= 4 is 61.6 Å². The summed E-state index contributed by atoms with van der Waals surface area (Å²) in [5, 5.41) is 5.89. The Bertz CT molecular complexity index is 1860. The Morgan fingerprint density at radius 2 is 1.63 bits per heavy atom. The quantitative estimate of drug-likeness (QED) is 0.238. The van der Waals surface area contributed by atoms with Gasteiger partial charge < -0.3 is 20.4 Å². The number of likely N-dealkylation sites (N-methyl/N-ethyl adjacent to an activating group) is 1. The maximum absolute atomic E-state index is 15.4. The molecular weight excluding hydrogens is 614 g/mol. The van der Waals surface area contributed by atoms with E-state index in [1.165, 1.54) is 30.7 Å². The second kappa shape index (κ2) is 13.1. The molecule has 15 heteroatoms. The third-order valence-electron chi connectivity index (χ3n) is 8.39. The lowest BCUT2D eigenvalue weighted by molar-refractivity contribution is 0.0981. The lowest BCUT2D eigenvalue weighted by Gasteiger charge is -2.42. The van der Waals surface area contributed by atoms with Crippen molar-refractivity contribution in [3.8, 4) is 0 Å². The van der Waals surface area contributed by atoms with Gasteiger partial charge >= 0.3 is 0 Å². The second-order valence-electron chi connectivity index (χ2n) is 11.6. The van der Waals surface area contributed by atoms with E-state index >= 15 is 8.78 Å². The maximum Gasteiger partial charge on any atom is 0.229 e. The average molecular weight is 651 g/mol. The van der Waals surface area contributed by atoms with E-state index in [1.807, 2.05) is 4.90 Å². The zero-order chi connectivity index (χ0) is 32.4. The number of piperidine rings is 1. The lowest BCUT2D eigenvalue weighted by atomic mass is 10.0. The van der Waals surface area contributed by atoms with Crippen molar-refractivity contribution in [2.45, 2.75) is 18.9 Å². The van der Waals surface area contributed by atoms with Crippen LogP contribution in [0.4, 0.5) is 43.3 Å². The number of aromatic nitrogens is 4. The Balaban J connectivity index is 1.20. The molecule has 3 N–H and O–H groups in total. The van der Waals surface area contributed by atoms with Gasteiger partial charge in [-0.1, -0.05) is 12.7 Å². The summed E-state index contributed by atoms with van der Waals surface area (Å²) in [6, 6.07) is 6.83. The van der Waals surface area contributed by atoms with Crippen LogP contribution in [0.5, 0.6) is 0 Å². The highest BCUT2D eigenvalue weighted by Gasteiger charge is 2.29. The summed E-state index contributed by atoms with van der Waals surface area (Å²) in [4.78, 5) is 24.0. The molecule has 0 aliphatic carbocycles. The highest BCUT2D eigenvalue weighted by atomic mass is 32.2. The molecule has 0 bridgehead atoms. The Hall–Kier alpha value is -4.47. The first-order chi connectivity index (χ1) is 22.1. The largest absolute Gasteiger partial charge is 0.369 e. The van der Waals surface area contributed by atoms with Crippen LogP contribution in [0, 0.1) is 11.6 Å². The van der Waals surface area contributed by atoms with E-state index in [1.54, 1.807) is 18.2 Å². The summed E-state index contributed by atoms with van der Waals surface area (Å²) < 4.78 is 57.7. The van der Waals surface area contributed by atoms with E-state index in [0.29, 0.717) is 41.4 Å². The van der Waals surface area contributed by atoms with Crippen molar-refractivity contribution in [2.24, 2.45) is 0 Å². The highest BCUT2D eigenvalue weighted by molar-refractivity contribution is 7.92. The van der Waals surface area contributed by atoms with E-state index in [-0.39, 0.29) is 28.8 Å². The van der Waals surface area contributed by atoms with Crippen LogP contribution in [-0.2, 0) is 10.0 Å². The van der Waals surface area contributed by atoms with Crippen molar-refractivity contribution in [1.29, 1.82) is 0 Å². The molecule has 0 saturated carbocycles. The average Bonchev–Trinajstić information content (AvgIpc) is 3.04. The number of hydrogen-bond donors (Lipinski definition) is 3. The van der Waals surface area contributed by atoms with Crippen LogP contribution in [0.25, 0.3) is 17.1 Å². The summed E-state index contributed by atoms with van der Waals surface area (Å²) in [5.74, 6) is -1.73. The second-order valence-corrected chi connectivity index (χ2v) is 13.3. The maximum atomic E-state index is 15.4. The van der Waals surface area contributed by atoms with Gasteiger partial charge in [-0.15, -0.1) is 0 Å². The molecule has 2 aromatic carbocycles. The first-order valence-electron chi connectivity index (χ1n) is 15.0. The molecule has 12 nitrogen and oxygen atoms in total. The van der Waals surface area contributed by atoms with Gasteiger partial charge in [-0.2, -0.15) is 4.98 Å². The van der Waals surface area contributed by atoms with Crippen molar-refractivity contribution in [2.75, 3.05) is 72.8 Å². The van der Waals surface area contributed by atoms with Crippen LogP contribution in [0.15, 0.2) is 49.4 Å². The SMILES string of the molecule is C=Cc1cnc(Nc2ccc(N3CCC(N4CCN(C)CC4)CC3)c(F)c2F)nc1Nc1ccc2nccnc2c1NS(C)(=O)=O. The van der Waals surface area contributed by atoms with Gasteiger partial charge in [0.05, 0.1) is 34.5 Å². The van der Waals surface area contributed by atoms with Crippen molar-refractivity contribution in [3.05, 3.63) is 66.6 Å². The third kappa shape index (κ3) is 6.85. The van der Waals surface area contributed by atoms with E-state index < -0.39 is 21.7 Å². The minimum Gasteiger partial charge on any atom is -0.369 e. The molecule has 0 atom stereocenters. The van der Waals surface area contributed by atoms with Crippen molar-refractivity contribution in [3.63, 3.8) is 0 Å². The molecule has 2 saturated heterocycles. The number of piperazine rings is 1. The van der Waals surface area contributed by atoms with Gasteiger partial charge in [-0.3, -0.25) is 19.6 Å². The summed E-state index contributed by atoms with van der Waals surface area (Å²) in [7, 11) is -1.55. The fraction of sp³-hybridized carbons (Fsp3) is 0.355. The molecule has 0 amide bonds. The van der Waals surface area contributed by atoms with Crippen LogP contribution < -0.4 is 20.3 Å². The van der Waals surface area contributed by atoms with E-state index in [2.05, 4.69) is 58.7 Å². The summed E-state index contributed by atoms with van der Waals surface area (Å²) >= 11 is 0. The minimum absolute atomic E-state index is 0.00894. The molecule has 0 radical (unpaired) electrons. The number of nitrogens with one attached hydrogen (secondary N) is 3. The molecular formula is C31H36F2N10O2S. The number of nitrogens with zero attached hydrogens (tertiary/aromatic N) is 7.